The summed E-state index contributed by atoms with van der Waals surface area (Å²) in [7, 11) is 1.37. The van der Waals surface area contributed by atoms with Gasteiger partial charge in [-0.25, -0.2) is 0 Å². The van der Waals surface area contributed by atoms with Crippen molar-refractivity contribution >= 4 is 11.6 Å². The number of carbonyl (C=O) groups is 1. The highest BCUT2D eigenvalue weighted by atomic mass is 16.6. The Hall–Kier alpha value is -2.89. The number of benzene rings is 2. The summed E-state index contributed by atoms with van der Waals surface area (Å²) in [5.74, 6) is -0.0761. The van der Waals surface area contributed by atoms with Crippen LogP contribution < -0.4 is 4.74 Å². The molecule has 0 heterocycles. The van der Waals surface area contributed by atoms with Gasteiger partial charge in [0, 0.05) is 24.7 Å². The summed E-state index contributed by atoms with van der Waals surface area (Å²) in [6.07, 6.45) is 1.83. The van der Waals surface area contributed by atoms with Gasteiger partial charge in [-0.3, -0.25) is 14.9 Å². The van der Waals surface area contributed by atoms with Crippen molar-refractivity contribution in [2.45, 2.75) is 26.3 Å². The molecule has 0 aliphatic carbocycles. The van der Waals surface area contributed by atoms with Gasteiger partial charge in [-0.2, -0.15) is 0 Å². The Morgan fingerprint density at radius 1 is 1.20 bits per heavy atom. The van der Waals surface area contributed by atoms with E-state index in [0.717, 1.165) is 18.4 Å². The molecule has 132 valence electrons. The topological polar surface area (TPSA) is 72.7 Å². The van der Waals surface area contributed by atoms with E-state index in [9.17, 15) is 14.9 Å². The van der Waals surface area contributed by atoms with Gasteiger partial charge in [0.25, 0.3) is 5.91 Å². The molecule has 0 aliphatic heterocycles. The van der Waals surface area contributed by atoms with Crippen LogP contribution in [0.15, 0.2) is 48.5 Å². The SMILES string of the molecule is CCCCN(Cc1ccccc1)C(=O)c1ccc(OC)c([N+](=O)[O-])c1. The second kappa shape index (κ2) is 8.82. The van der Waals surface area contributed by atoms with E-state index in [2.05, 4.69) is 6.92 Å². The van der Waals surface area contributed by atoms with Crippen molar-refractivity contribution < 1.29 is 14.5 Å². The Bertz CT molecular complexity index is 731. The van der Waals surface area contributed by atoms with Crippen LogP contribution in [0.4, 0.5) is 5.69 Å². The van der Waals surface area contributed by atoms with Gasteiger partial charge in [-0.1, -0.05) is 43.7 Å². The minimum Gasteiger partial charge on any atom is -0.490 e. The van der Waals surface area contributed by atoms with Crippen LogP contribution in [0.2, 0.25) is 0 Å². The Kier molecular flexibility index (Phi) is 6.51. The fraction of sp³-hybridized carbons (Fsp3) is 0.316. The molecule has 2 rings (SSSR count). The Labute approximate surface area is 147 Å². The quantitative estimate of drug-likeness (QED) is 0.536. The third-order valence-corrected chi connectivity index (χ3v) is 3.91. The smallest absolute Gasteiger partial charge is 0.311 e. The van der Waals surface area contributed by atoms with E-state index in [0.29, 0.717) is 18.7 Å². The molecule has 0 saturated heterocycles. The van der Waals surface area contributed by atoms with E-state index in [1.54, 1.807) is 11.0 Å². The number of methoxy groups -OCH3 is 1. The van der Waals surface area contributed by atoms with Crippen molar-refractivity contribution in [2.75, 3.05) is 13.7 Å². The number of nitro benzene ring substituents is 1. The summed E-state index contributed by atoms with van der Waals surface area (Å²) < 4.78 is 5.00. The highest BCUT2D eigenvalue weighted by molar-refractivity contribution is 5.95. The highest BCUT2D eigenvalue weighted by Gasteiger charge is 2.21. The number of nitrogens with zero attached hydrogens (tertiary/aromatic N) is 2. The van der Waals surface area contributed by atoms with Gasteiger partial charge in [0.05, 0.1) is 12.0 Å². The number of unbranched alkanes of at least 4 members (excludes halogenated alkanes) is 1. The van der Waals surface area contributed by atoms with Crippen LogP contribution in [-0.2, 0) is 6.54 Å². The fourth-order valence-electron chi connectivity index (χ4n) is 2.55. The lowest BCUT2D eigenvalue weighted by atomic mass is 10.1. The second-order valence-corrected chi connectivity index (χ2v) is 5.71. The molecule has 2 aromatic carbocycles. The Morgan fingerprint density at radius 2 is 1.92 bits per heavy atom. The number of amides is 1. The van der Waals surface area contributed by atoms with Gasteiger partial charge in [0.1, 0.15) is 0 Å². The van der Waals surface area contributed by atoms with Crippen molar-refractivity contribution in [3.05, 3.63) is 69.8 Å². The summed E-state index contributed by atoms with van der Waals surface area (Å²) in [5, 5.41) is 11.2. The third-order valence-electron chi connectivity index (χ3n) is 3.91. The lowest BCUT2D eigenvalue weighted by Crippen LogP contribution is -2.31. The van der Waals surface area contributed by atoms with Gasteiger partial charge in [0.2, 0.25) is 0 Å². The van der Waals surface area contributed by atoms with Crippen molar-refractivity contribution in [2.24, 2.45) is 0 Å². The maximum Gasteiger partial charge on any atom is 0.311 e. The second-order valence-electron chi connectivity index (χ2n) is 5.71. The lowest BCUT2D eigenvalue weighted by molar-refractivity contribution is -0.385. The molecule has 0 unspecified atom stereocenters. The van der Waals surface area contributed by atoms with E-state index in [1.807, 2.05) is 30.3 Å². The summed E-state index contributed by atoms with van der Waals surface area (Å²) in [6, 6.07) is 14.0. The van der Waals surface area contributed by atoms with Gasteiger partial charge in [-0.15, -0.1) is 0 Å². The minimum atomic E-state index is -0.539. The first-order valence-corrected chi connectivity index (χ1v) is 8.22. The molecule has 0 bridgehead atoms. The first-order valence-electron chi connectivity index (χ1n) is 8.22. The molecule has 0 aromatic heterocycles. The molecule has 1 amide bonds. The zero-order valence-electron chi connectivity index (χ0n) is 14.5. The van der Waals surface area contributed by atoms with E-state index in [1.165, 1.54) is 19.2 Å². The predicted molar refractivity (Wildman–Crippen MR) is 95.7 cm³/mol. The zero-order chi connectivity index (χ0) is 18.2. The molecule has 2 aromatic rings. The molecule has 0 aliphatic rings. The molecule has 0 spiro atoms. The molecule has 25 heavy (non-hydrogen) atoms. The summed E-state index contributed by atoms with van der Waals surface area (Å²) >= 11 is 0. The first-order chi connectivity index (χ1) is 12.1. The summed E-state index contributed by atoms with van der Waals surface area (Å²) in [6.45, 7) is 3.13. The molecule has 6 nitrogen and oxygen atoms in total. The van der Waals surface area contributed by atoms with Crippen LogP contribution in [0.1, 0.15) is 35.7 Å². The van der Waals surface area contributed by atoms with Crippen LogP contribution in [0.5, 0.6) is 5.75 Å². The van der Waals surface area contributed by atoms with Crippen molar-refractivity contribution in [1.82, 2.24) is 4.90 Å². The number of carbonyl (C=O) groups excluding carboxylic acids is 1. The molecule has 0 radical (unpaired) electrons. The first kappa shape index (κ1) is 18.4. The van der Waals surface area contributed by atoms with Crippen LogP contribution in [0.3, 0.4) is 0 Å². The van der Waals surface area contributed by atoms with E-state index < -0.39 is 4.92 Å². The van der Waals surface area contributed by atoms with E-state index >= 15 is 0 Å². The van der Waals surface area contributed by atoms with Crippen molar-refractivity contribution in [3.63, 3.8) is 0 Å². The average molecular weight is 342 g/mol. The van der Waals surface area contributed by atoms with E-state index in [4.69, 9.17) is 4.74 Å². The van der Waals surface area contributed by atoms with Crippen molar-refractivity contribution in [3.8, 4) is 5.75 Å². The van der Waals surface area contributed by atoms with Gasteiger partial charge in [-0.05, 0) is 24.1 Å². The Morgan fingerprint density at radius 3 is 2.52 bits per heavy atom. The van der Waals surface area contributed by atoms with Gasteiger partial charge >= 0.3 is 5.69 Å². The van der Waals surface area contributed by atoms with Crippen LogP contribution in [-0.4, -0.2) is 29.4 Å². The third kappa shape index (κ3) is 4.79. The number of nitro groups is 1. The molecule has 0 atom stereocenters. The molecular weight excluding hydrogens is 320 g/mol. The standard InChI is InChI=1S/C19H22N2O4/c1-3-4-12-20(14-15-8-6-5-7-9-15)19(22)16-10-11-18(25-2)17(13-16)21(23)24/h5-11,13H,3-4,12,14H2,1-2H3. The predicted octanol–water partition coefficient (Wildman–Crippen LogP) is 4.05. The van der Waals surface area contributed by atoms with Crippen LogP contribution in [0, 0.1) is 10.1 Å². The fourth-order valence-corrected chi connectivity index (χ4v) is 2.55. The minimum absolute atomic E-state index is 0.143. The monoisotopic (exact) mass is 342 g/mol. The molecule has 0 fully saturated rings. The van der Waals surface area contributed by atoms with Gasteiger partial charge < -0.3 is 9.64 Å². The van der Waals surface area contributed by atoms with Crippen LogP contribution in [0.25, 0.3) is 0 Å². The highest BCUT2D eigenvalue weighted by Crippen LogP contribution is 2.28. The summed E-state index contributed by atoms with van der Waals surface area (Å²) in [4.78, 5) is 25.3. The normalized spacial score (nSPS) is 10.3. The number of hydrogen-bond donors (Lipinski definition) is 0. The molecule has 0 saturated carbocycles. The van der Waals surface area contributed by atoms with Crippen molar-refractivity contribution in [1.29, 1.82) is 0 Å². The average Bonchev–Trinajstić information content (AvgIpc) is 2.64. The molecule has 6 heteroatoms. The van der Waals surface area contributed by atoms with Crippen LogP contribution >= 0.6 is 0 Å². The van der Waals surface area contributed by atoms with E-state index in [-0.39, 0.29) is 17.3 Å². The largest absolute Gasteiger partial charge is 0.490 e. The molecule has 0 N–H and O–H groups in total. The maximum atomic E-state index is 12.9. The zero-order valence-corrected chi connectivity index (χ0v) is 14.5. The maximum absolute atomic E-state index is 12.9. The molecular formula is C19H22N2O4. The summed E-state index contributed by atoms with van der Waals surface area (Å²) in [5.41, 5.74) is 1.11. The lowest BCUT2D eigenvalue weighted by Gasteiger charge is -2.23. The number of hydrogen-bond acceptors (Lipinski definition) is 4. The van der Waals surface area contributed by atoms with Gasteiger partial charge in [0.15, 0.2) is 5.75 Å². The number of ether oxygens (including phenoxy) is 1. The number of rotatable bonds is 8. The Balaban J connectivity index is 2.29.